The van der Waals surface area contributed by atoms with E-state index in [0.29, 0.717) is 18.7 Å². The van der Waals surface area contributed by atoms with Crippen LogP contribution in [0.15, 0.2) is 111 Å². The summed E-state index contributed by atoms with van der Waals surface area (Å²) >= 11 is 0. The molecule has 0 fully saturated rings. The Hall–Kier alpha value is -7.24. The molecule has 0 amide bonds. The molecule has 0 aliphatic rings. The van der Waals surface area contributed by atoms with Gasteiger partial charge in [-0.15, -0.1) is 20.4 Å². The summed E-state index contributed by atoms with van der Waals surface area (Å²) in [6, 6.07) is 21.5. The maximum atomic E-state index is 13.1. The monoisotopic (exact) mass is 740 g/mol. The van der Waals surface area contributed by atoms with Crippen LogP contribution in [0.4, 0.5) is 8.78 Å². The Labute approximate surface area is 305 Å². The highest BCUT2D eigenvalue weighted by Crippen LogP contribution is 2.25. The molecule has 3 N–H and O–H groups in total. The number of aryl methyl sites for hydroxylation is 2. The fourth-order valence-electron chi connectivity index (χ4n) is 4.86. The van der Waals surface area contributed by atoms with Crippen LogP contribution in [-0.2, 0) is 33.5 Å². The fourth-order valence-corrected chi connectivity index (χ4v) is 4.86. The molecule has 7 aromatic rings. The molecule has 7 rings (SSSR count). The Morgan fingerprint density at radius 1 is 0.648 bits per heavy atom. The molecular formula is C36H34F2N10O6. The SMILES string of the molecule is C.Cn1cnc(-c2nnc(Cc3ccc(F)cc3)o2)c(O)/c1=N/O.Cn1cnc(-c2nnc(Cc3ccc(F)cc3)o2)c(OCc2ccccc2)/c1=N/O. The minimum atomic E-state index is -0.380. The van der Waals surface area contributed by atoms with E-state index in [9.17, 15) is 19.1 Å². The van der Waals surface area contributed by atoms with Gasteiger partial charge < -0.3 is 38.2 Å². The first kappa shape index (κ1) is 38.0. The molecular weight excluding hydrogens is 706 g/mol. The van der Waals surface area contributed by atoms with E-state index in [2.05, 4.69) is 40.7 Å². The van der Waals surface area contributed by atoms with Crippen LogP contribution < -0.4 is 15.7 Å². The van der Waals surface area contributed by atoms with Gasteiger partial charge in [0, 0.05) is 14.1 Å². The number of nitrogens with zero attached hydrogens (tertiary/aromatic N) is 10. The summed E-state index contributed by atoms with van der Waals surface area (Å²) in [5.41, 5.74) is 2.89. The van der Waals surface area contributed by atoms with Gasteiger partial charge in [0.05, 0.1) is 25.5 Å². The Morgan fingerprint density at radius 2 is 1.13 bits per heavy atom. The highest BCUT2D eigenvalue weighted by Gasteiger charge is 2.20. The summed E-state index contributed by atoms with van der Waals surface area (Å²) in [5, 5.41) is 50.5. The number of hydrogen-bond acceptors (Lipinski definition) is 14. The van der Waals surface area contributed by atoms with E-state index in [0.717, 1.165) is 16.7 Å². The molecule has 18 heteroatoms. The molecule has 0 atom stereocenters. The van der Waals surface area contributed by atoms with Gasteiger partial charge in [0.2, 0.25) is 22.8 Å². The van der Waals surface area contributed by atoms with Crippen LogP contribution in [0, 0.1) is 11.6 Å². The van der Waals surface area contributed by atoms with Crippen LogP contribution in [0.2, 0.25) is 0 Å². The minimum absolute atomic E-state index is 0. The summed E-state index contributed by atoms with van der Waals surface area (Å²) in [5.74, 6) is -0.0754. The Bertz CT molecular complexity index is 2450. The molecule has 0 aliphatic carbocycles. The third-order valence-corrected chi connectivity index (χ3v) is 7.53. The molecule has 0 spiro atoms. The van der Waals surface area contributed by atoms with E-state index in [1.165, 1.54) is 46.1 Å². The first-order valence-corrected chi connectivity index (χ1v) is 15.7. The van der Waals surface area contributed by atoms with Crippen molar-refractivity contribution < 1.29 is 37.9 Å². The summed E-state index contributed by atoms with van der Waals surface area (Å²) in [6.45, 7) is 0.235. The molecule has 0 bridgehead atoms. The smallest absolute Gasteiger partial charge is 0.270 e. The zero-order valence-electron chi connectivity index (χ0n) is 28.1. The molecule has 4 heterocycles. The summed E-state index contributed by atoms with van der Waals surface area (Å²) < 4.78 is 45.9. The second-order valence-corrected chi connectivity index (χ2v) is 11.3. The van der Waals surface area contributed by atoms with Crippen molar-refractivity contribution in [3.05, 3.63) is 143 Å². The van der Waals surface area contributed by atoms with Gasteiger partial charge in [-0.3, -0.25) is 0 Å². The van der Waals surface area contributed by atoms with E-state index < -0.39 is 0 Å². The predicted molar refractivity (Wildman–Crippen MR) is 185 cm³/mol. The van der Waals surface area contributed by atoms with Crippen molar-refractivity contribution in [2.45, 2.75) is 26.9 Å². The van der Waals surface area contributed by atoms with Crippen LogP contribution in [-0.4, -0.2) is 55.0 Å². The molecule has 16 nitrogen and oxygen atoms in total. The Kier molecular flexibility index (Phi) is 12.2. The van der Waals surface area contributed by atoms with Gasteiger partial charge in [-0.05, 0) is 41.0 Å². The number of halogens is 2. The van der Waals surface area contributed by atoms with Gasteiger partial charge in [0.15, 0.2) is 22.9 Å². The first-order chi connectivity index (χ1) is 25.7. The van der Waals surface area contributed by atoms with Crippen molar-refractivity contribution in [1.29, 1.82) is 0 Å². The van der Waals surface area contributed by atoms with Crippen LogP contribution in [0.25, 0.3) is 23.2 Å². The van der Waals surface area contributed by atoms with Gasteiger partial charge in [0.25, 0.3) is 11.8 Å². The molecule has 278 valence electrons. The van der Waals surface area contributed by atoms with Gasteiger partial charge >= 0.3 is 0 Å². The van der Waals surface area contributed by atoms with Crippen molar-refractivity contribution in [3.63, 3.8) is 0 Å². The normalized spacial score (nSPS) is 11.5. The van der Waals surface area contributed by atoms with E-state index in [-0.39, 0.29) is 77.2 Å². The van der Waals surface area contributed by atoms with E-state index >= 15 is 0 Å². The quantitative estimate of drug-likeness (QED) is 0.133. The van der Waals surface area contributed by atoms with Gasteiger partial charge in [-0.25, -0.2) is 18.7 Å². The van der Waals surface area contributed by atoms with E-state index in [1.807, 2.05) is 30.3 Å². The van der Waals surface area contributed by atoms with E-state index in [4.69, 9.17) is 18.8 Å². The number of ether oxygens (including phenoxy) is 1. The summed E-state index contributed by atoms with van der Waals surface area (Å²) in [6.07, 6.45) is 3.45. The second kappa shape index (κ2) is 17.3. The molecule has 0 saturated heterocycles. The lowest BCUT2D eigenvalue weighted by Crippen LogP contribution is -2.22. The average Bonchev–Trinajstić information content (AvgIpc) is 3.83. The van der Waals surface area contributed by atoms with Crippen molar-refractivity contribution in [3.8, 4) is 34.7 Å². The number of aromatic nitrogens is 8. The third kappa shape index (κ3) is 8.97. The Morgan fingerprint density at radius 3 is 1.65 bits per heavy atom. The summed E-state index contributed by atoms with van der Waals surface area (Å²) in [7, 11) is 3.23. The van der Waals surface area contributed by atoms with Crippen molar-refractivity contribution >= 4 is 0 Å². The lowest BCUT2D eigenvalue weighted by Gasteiger charge is -2.11. The second-order valence-electron chi connectivity index (χ2n) is 11.3. The lowest BCUT2D eigenvalue weighted by atomic mass is 10.1. The fraction of sp³-hybridized carbons (Fsp3) is 0.167. The van der Waals surface area contributed by atoms with Crippen molar-refractivity contribution in [2.75, 3.05) is 0 Å². The molecule has 3 aromatic carbocycles. The molecule has 0 unspecified atom stereocenters. The summed E-state index contributed by atoms with van der Waals surface area (Å²) in [4.78, 5) is 8.31. The van der Waals surface area contributed by atoms with Crippen LogP contribution in [0.1, 0.15) is 35.9 Å². The zero-order chi connectivity index (χ0) is 37.3. The zero-order valence-corrected chi connectivity index (χ0v) is 28.1. The van der Waals surface area contributed by atoms with Crippen LogP contribution in [0.5, 0.6) is 11.5 Å². The maximum Gasteiger partial charge on any atom is 0.270 e. The molecule has 54 heavy (non-hydrogen) atoms. The predicted octanol–water partition coefficient (Wildman–Crippen LogP) is 4.90. The third-order valence-electron chi connectivity index (χ3n) is 7.53. The first-order valence-electron chi connectivity index (χ1n) is 15.7. The molecule has 0 radical (unpaired) electrons. The van der Waals surface area contributed by atoms with Crippen LogP contribution in [0.3, 0.4) is 0 Å². The van der Waals surface area contributed by atoms with Crippen LogP contribution >= 0.6 is 0 Å². The molecule has 0 saturated carbocycles. The number of aromatic hydroxyl groups is 1. The number of benzene rings is 3. The number of hydrogen-bond donors (Lipinski definition) is 3. The minimum Gasteiger partial charge on any atom is -0.503 e. The standard InChI is InChI=1S/C21H18FN5O3.C14H12FN5O3.CH4/c1-27-13-23-18(19(20(27)26-28)29-12-15-5-3-2-4-6-15)21-25-24-17(30-21)11-14-7-9-16(22)10-8-14;1-20-7-16-11(12(21)13(20)19-22)14-18-17-10(23-14)6-8-2-4-9(15)5-3-8;/h2-10,13,28H,11-12H2,1H3;2-5,7,21-22H,6H2,1H3;1H4/b26-20-;19-13-;. The largest absolute Gasteiger partial charge is 0.503 e. The maximum absolute atomic E-state index is 13.1. The topological polar surface area (TPSA) is 208 Å². The lowest BCUT2D eigenvalue weighted by molar-refractivity contribution is 0.266. The average molecular weight is 741 g/mol. The highest BCUT2D eigenvalue weighted by atomic mass is 19.1. The van der Waals surface area contributed by atoms with Crippen molar-refractivity contribution in [1.82, 2.24) is 39.5 Å². The Balaban J connectivity index is 0.000000211. The number of rotatable bonds is 9. The van der Waals surface area contributed by atoms with Gasteiger partial charge in [0.1, 0.15) is 18.2 Å². The van der Waals surface area contributed by atoms with Crippen molar-refractivity contribution in [2.24, 2.45) is 24.4 Å². The van der Waals surface area contributed by atoms with Gasteiger partial charge in [-0.2, -0.15) is 0 Å². The molecule has 4 aromatic heterocycles. The van der Waals surface area contributed by atoms with Gasteiger partial charge in [-0.1, -0.05) is 72.3 Å². The highest BCUT2D eigenvalue weighted by molar-refractivity contribution is 5.56. The molecule has 0 aliphatic heterocycles. The van der Waals surface area contributed by atoms with E-state index in [1.54, 1.807) is 38.4 Å².